The van der Waals surface area contributed by atoms with E-state index in [1.54, 1.807) is 0 Å². The fraction of sp³-hybridized carbons (Fsp3) is 1.00. The Hall–Kier alpha value is 0.100. The quantitative estimate of drug-likeness (QED) is 0.316. The minimum atomic E-state index is -0.872. The van der Waals surface area contributed by atoms with E-state index in [1.807, 2.05) is 0 Å². The molecule has 0 spiro atoms. The normalized spacial score (nSPS) is 11.8. The Bertz CT molecular complexity index is 157. The van der Waals surface area contributed by atoms with Crippen molar-refractivity contribution in [2.75, 3.05) is 12.3 Å². The summed E-state index contributed by atoms with van der Waals surface area (Å²) in [6.45, 7) is 4.46. The van der Waals surface area contributed by atoms with Crippen LogP contribution in [0.3, 0.4) is 0 Å². The first kappa shape index (κ1) is 16.1. The zero-order valence-electron chi connectivity index (χ0n) is 11.3. The van der Waals surface area contributed by atoms with Gasteiger partial charge < -0.3 is 0 Å². The van der Waals surface area contributed by atoms with Crippen LogP contribution in [-0.2, 0) is 4.57 Å². The van der Waals surface area contributed by atoms with E-state index in [4.69, 9.17) is 0 Å². The van der Waals surface area contributed by atoms with E-state index in [2.05, 4.69) is 13.8 Å². The molecule has 2 heteroatoms. The third-order valence-corrected chi connectivity index (χ3v) is 4.65. The summed E-state index contributed by atoms with van der Waals surface area (Å²) in [5.74, 6) is 0. The molecule has 0 aliphatic carbocycles. The topological polar surface area (TPSA) is 17.1 Å². The van der Waals surface area contributed by atoms with Crippen LogP contribution in [0.25, 0.3) is 0 Å². The van der Waals surface area contributed by atoms with Crippen LogP contribution in [0.4, 0.5) is 0 Å². The lowest BCUT2D eigenvalue weighted by Crippen LogP contribution is -1.86. The second-order valence-corrected chi connectivity index (χ2v) is 6.62. The SMILES string of the molecule is CCCCCCCC[P](=O)CCCCCC. The molecule has 0 aromatic heterocycles. The first-order valence-electron chi connectivity index (χ1n) is 7.23. The Kier molecular flexibility index (Phi) is 13.2. The average Bonchev–Trinajstić information content (AvgIpc) is 2.29. The van der Waals surface area contributed by atoms with Gasteiger partial charge in [0.2, 0.25) is 0 Å². The van der Waals surface area contributed by atoms with E-state index in [-0.39, 0.29) is 0 Å². The molecular weight excluding hydrogens is 215 g/mol. The van der Waals surface area contributed by atoms with Gasteiger partial charge >= 0.3 is 0 Å². The Morgan fingerprint density at radius 3 is 1.50 bits per heavy atom. The van der Waals surface area contributed by atoms with Crippen molar-refractivity contribution in [1.29, 1.82) is 0 Å². The minimum absolute atomic E-state index is 0.872. The average molecular weight is 245 g/mol. The van der Waals surface area contributed by atoms with Crippen molar-refractivity contribution in [3.05, 3.63) is 0 Å². The van der Waals surface area contributed by atoms with Crippen molar-refractivity contribution < 1.29 is 4.57 Å². The van der Waals surface area contributed by atoms with Crippen molar-refractivity contribution in [3.63, 3.8) is 0 Å². The summed E-state index contributed by atoms with van der Waals surface area (Å²) < 4.78 is 11.6. The first-order valence-corrected chi connectivity index (χ1v) is 8.86. The molecule has 0 rings (SSSR count). The third-order valence-electron chi connectivity index (χ3n) is 3.02. The second-order valence-electron chi connectivity index (χ2n) is 4.76. The highest BCUT2D eigenvalue weighted by atomic mass is 31.1. The molecule has 0 bridgehead atoms. The van der Waals surface area contributed by atoms with Crippen LogP contribution in [0.1, 0.15) is 78.1 Å². The van der Waals surface area contributed by atoms with E-state index in [9.17, 15) is 4.57 Å². The van der Waals surface area contributed by atoms with Gasteiger partial charge in [-0.05, 0) is 12.8 Å². The molecule has 0 aliphatic heterocycles. The maximum atomic E-state index is 11.6. The first-order chi connectivity index (χ1) is 7.81. The molecule has 1 nitrogen and oxygen atoms in total. The van der Waals surface area contributed by atoms with E-state index < -0.39 is 7.80 Å². The summed E-state index contributed by atoms with van der Waals surface area (Å²) in [6.07, 6.45) is 14.8. The molecule has 0 heterocycles. The Labute approximate surface area is 103 Å². The van der Waals surface area contributed by atoms with Crippen molar-refractivity contribution >= 4 is 7.80 Å². The minimum Gasteiger partial charge on any atom is -0.287 e. The van der Waals surface area contributed by atoms with Gasteiger partial charge in [-0.25, -0.2) is 0 Å². The fourth-order valence-corrected chi connectivity index (χ4v) is 3.27. The van der Waals surface area contributed by atoms with Gasteiger partial charge in [0.1, 0.15) is 0 Å². The van der Waals surface area contributed by atoms with Crippen LogP contribution in [-0.4, -0.2) is 12.3 Å². The summed E-state index contributed by atoms with van der Waals surface area (Å²) in [5.41, 5.74) is 0. The van der Waals surface area contributed by atoms with Gasteiger partial charge in [0, 0.05) is 12.3 Å². The Morgan fingerprint density at radius 2 is 1.00 bits per heavy atom. The molecule has 0 aliphatic rings. The third kappa shape index (κ3) is 12.2. The largest absolute Gasteiger partial charge is 0.287 e. The molecular formula is C14H30OP. The van der Waals surface area contributed by atoms with Crippen LogP contribution in [0.5, 0.6) is 0 Å². The summed E-state index contributed by atoms with van der Waals surface area (Å²) in [6, 6.07) is 0. The fourth-order valence-electron chi connectivity index (χ4n) is 1.90. The number of unbranched alkanes of at least 4 members (excludes halogenated alkanes) is 8. The molecule has 1 radical (unpaired) electrons. The van der Waals surface area contributed by atoms with Crippen molar-refractivity contribution in [2.24, 2.45) is 0 Å². The predicted molar refractivity (Wildman–Crippen MR) is 74.9 cm³/mol. The highest BCUT2D eigenvalue weighted by Crippen LogP contribution is 2.25. The van der Waals surface area contributed by atoms with Gasteiger partial charge in [-0.1, -0.05) is 65.2 Å². The lowest BCUT2D eigenvalue weighted by Gasteiger charge is -2.02. The summed E-state index contributed by atoms with van der Waals surface area (Å²) in [7, 11) is -0.872. The molecule has 1 unspecified atom stereocenters. The molecule has 16 heavy (non-hydrogen) atoms. The van der Waals surface area contributed by atoms with Gasteiger partial charge in [-0.2, -0.15) is 0 Å². The van der Waals surface area contributed by atoms with Crippen LogP contribution in [0.15, 0.2) is 0 Å². The summed E-state index contributed by atoms with van der Waals surface area (Å²) >= 11 is 0. The zero-order valence-corrected chi connectivity index (χ0v) is 12.2. The lowest BCUT2D eigenvalue weighted by molar-refractivity contribution is 0.577. The van der Waals surface area contributed by atoms with Crippen LogP contribution >= 0.6 is 7.80 Å². The summed E-state index contributed by atoms with van der Waals surface area (Å²) in [5, 5.41) is 0. The van der Waals surface area contributed by atoms with Gasteiger partial charge in [-0.15, -0.1) is 0 Å². The van der Waals surface area contributed by atoms with Gasteiger partial charge in [0.05, 0.1) is 7.80 Å². The molecule has 97 valence electrons. The van der Waals surface area contributed by atoms with Crippen LogP contribution in [0.2, 0.25) is 0 Å². The lowest BCUT2D eigenvalue weighted by atomic mass is 10.1. The second kappa shape index (κ2) is 13.2. The van der Waals surface area contributed by atoms with Crippen molar-refractivity contribution in [3.8, 4) is 0 Å². The van der Waals surface area contributed by atoms with Crippen LogP contribution in [0, 0.1) is 0 Å². The Morgan fingerprint density at radius 1 is 0.625 bits per heavy atom. The molecule has 0 N–H and O–H groups in total. The standard InChI is InChI=1S/C14H30OP/c1-3-5-7-9-10-12-14-16(15)13-11-8-6-4-2/h3-14H2,1-2H3. The highest BCUT2D eigenvalue weighted by Gasteiger charge is 2.00. The molecule has 0 aromatic rings. The van der Waals surface area contributed by atoms with Gasteiger partial charge in [0.15, 0.2) is 0 Å². The van der Waals surface area contributed by atoms with Crippen LogP contribution < -0.4 is 0 Å². The molecule has 0 saturated carbocycles. The van der Waals surface area contributed by atoms with Crippen molar-refractivity contribution in [1.82, 2.24) is 0 Å². The number of rotatable bonds is 12. The smallest absolute Gasteiger partial charge is 0.0718 e. The van der Waals surface area contributed by atoms with Gasteiger partial charge in [-0.3, -0.25) is 4.57 Å². The van der Waals surface area contributed by atoms with Crippen molar-refractivity contribution in [2.45, 2.75) is 78.1 Å². The monoisotopic (exact) mass is 245 g/mol. The molecule has 0 fully saturated rings. The maximum Gasteiger partial charge on any atom is 0.0718 e. The molecule has 1 atom stereocenters. The maximum absolute atomic E-state index is 11.6. The molecule has 0 amide bonds. The van der Waals surface area contributed by atoms with E-state index in [1.165, 1.54) is 64.2 Å². The van der Waals surface area contributed by atoms with E-state index >= 15 is 0 Å². The van der Waals surface area contributed by atoms with Gasteiger partial charge in [0.25, 0.3) is 0 Å². The zero-order chi connectivity index (χ0) is 12.1. The number of hydrogen-bond acceptors (Lipinski definition) is 1. The van der Waals surface area contributed by atoms with E-state index in [0.29, 0.717) is 0 Å². The summed E-state index contributed by atoms with van der Waals surface area (Å²) in [4.78, 5) is 0. The highest BCUT2D eigenvalue weighted by molar-refractivity contribution is 7.44. The van der Waals surface area contributed by atoms with E-state index in [0.717, 1.165) is 12.3 Å². The predicted octanol–water partition coefficient (Wildman–Crippen LogP) is 5.75. The molecule has 0 saturated heterocycles. The number of hydrogen-bond donors (Lipinski definition) is 0. The Balaban J connectivity index is 3.11. The molecule has 0 aromatic carbocycles.